The second kappa shape index (κ2) is 11.5. The van der Waals surface area contributed by atoms with E-state index in [2.05, 4.69) is 15.3 Å². The van der Waals surface area contributed by atoms with Gasteiger partial charge in [-0.15, -0.1) is 0 Å². The Morgan fingerprint density at radius 3 is 2.49 bits per heavy atom. The molecule has 5 rings (SSSR count). The van der Waals surface area contributed by atoms with Crippen LogP contribution in [0.2, 0.25) is 0 Å². The Kier molecular flexibility index (Phi) is 7.94. The van der Waals surface area contributed by atoms with Crippen molar-refractivity contribution in [1.29, 1.82) is 0 Å². The number of ether oxygens (including phenoxy) is 2. The minimum atomic E-state index is -1.27. The highest BCUT2D eigenvalue weighted by molar-refractivity contribution is 6.42. The topological polar surface area (TPSA) is 106 Å². The number of aliphatic hydroxyl groups excluding tert-OH is 1. The molecule has 2 N–H and O–H groups in total. The molecular weight excluding hydrogens is 503 g/mol. The Morgan fingerprint density at radius 2 is 1.79 bits per heavy atom. The predicted octanol–water partition coefficient (Wildman–Crippen LogP) is 3.54. The normalized spacial score (nSPS) is 16.7. The minimum absolute atomic E-state index is 0.00695. The van der Waals surface area contributed by atoms with E-state index in [1.165, 1.54) is 12.1 Å². The molecule has 1 aromatic heterocycles. The van der Waals surface area contributed by atoms with Crippen LogP contribution in [0.4, 0.5) is 4.39 Å². The van der Waals surface area contributed by atoms with Crippen molar-refractivity contribution in [2.45, 2.75) is 44.9 Å². The molecule has 0 aliphatic carbocycles. The lowest BCUT2D eigenvalue weighted by molar-refractivity contribution is -0.118. The van der Waals surface area contributed by atoms with Crippen LogP contribution in [0, 0.1) is 5.82 Å². The van der Waals surface area contributed by atoms with Gasteiger partial charge in [0.05, 0.1) is 12.2 Å². The molecule has 9 nitrogen and oxygen atoms in total. The molecule has 2 aliphatic rings. The number of fused-ring (bicyclic) bond motifs is 1. The first-order valence-electron chi connectivity index (χ1n) is 13.3. The van der Waals surface area contributed by atoms with Crippen LogP contribution >= 0.6 is 0 Å². The minimum Gasteiger partial charge on any atom is -0.486 e. The van der Waals surface area contributed by atoms with Crippen LogP contribution in [0.1, 0.15) is 54.8 Å². The van der Waals surface area contributed by atoms with E-state index < -0.39 is 29.7 Å². The summed E-state index contributed by atoms with van der Waals surface area (Å²) >= 11 is 0. The van der Waals surface area contributed by atoms with Crippen molar-refractivity contribution in [3.8, 4) is 22.6 Å². The zero-order chi connectivity index (χ0) is 27.5. The maximum absolute atomic E-state index is 14.7. The molecule has 2 aromatic carbocycles. The van der Waals surface area contributed by atoms with Crippen LogP contribution in [0.5, 0.6) is 11.5 Å². The first-order chi connectivity index (χ1) is 18.8. The summed E-state index contributed by atoms with van der Waals surface area (Å²) in [4.78, 5) is 28.2. The van der Waals surface area contributed by atoms with Crippen LogP contribution in [-0.2, 0) is 4.79 Å². The van der Waals surface area contributed by atoms with E-state index in [-0.39, 0.29) is 41.9 Å². The zero-order valence-corrected chi connectivity index (χ0v) is 22.1. The van der Waals surface area contributed by atoms with E-state index >= 15 is 0 Å². The zero-order valence-electron chi connectivity index (χ0n) is 22.1. The second-order valence-corrected chi connectivity index (χ2v) is 10.3. The SMILES string of the molecule is CC(C)n1cc(-c2ccc(C(=O)C(=O)N[C@H](CN3CCCC3)[C@H](O)c3cc(F)c4c(c3)OCCO4)cc2)cn1. The van der Waals surface area contributed by atoms with Gasteiger partial charge in [-0.3, -0.25) is 14.3 Å². The van der Waals surface area contributed by atoms with Gasteiger partial charge in [-0.25, -0.2) is 4.39 Å². The number of carbonyl (C=O) groups excluding carboxylic acids is 2. The van der Waals surface area contributed by atoms with Gasteiger partial charge in [-0.2, -0.15) is 5.10 Å². The summed E-state index contributed by atoms with van der Waals surface area (Å²) in [6.07, 6.45) is 4.44. The number of Topliss-reactive ketones (excluding diaryl/α,β-unsaturated/α-hetero) is 1. The first-order valence-corrected chi connectivity index (χ1v) is 13.3. The summed E-state index contributed by atoms with van der Waals surface area (Å²) in [6.45, 7) is 6.53. The maximum Gasteiger partial charge on any atom is 0.292 e. The fourth-order valence-electron chi connectivity index (χ4n) is 4.95. The molecule has 2 aliphatic heterocycles. The van der Waals surface area contributed by atoms with Crippen LogP contribution in [0.3, 0.4) is 0 Å². The van der Waals surface area contributed by atoms with E-state index in [1.807, 2.05) is 24.7 Å². The maximum atomic E-state index is 14.7. The molecule has 1 amide bonds. The number of hydrogen-bond acceptors (Lipinski definition) is 7. The molecule has 206 valence electrons. The molecule has 0 saturated carbocycles. The highest BCUT2D eigenvalue weighted by atomic mass is 19.1. The smallest absolute Gasteiger partial charge is 0.292 e. The molecule has 10 heteroatoms. The summed E-state index contributed by atoms with van der Waals surface area (Å²) in [5.41, 5.74) is 2.25. The molecule has 39 heavy (non-hydrogen) atoms. The Morgan fingerprint density at radius 1 is 1.08 bits per heavy atom. The average Bonchev–Trinajstić information content (AvgIpc) is 3.65. The fourth-order valence-corrected chi connectivity index (χ4v) is 4.95. The number of amides is 1. The highest BCUT2D eigenvalue weighted by Gasteiger charge is 2.31. The fraction of sp³-hybridized carbons (Fsp3) is 0.414. The van der Waals surface area contributed by atoms with E-state index in [0.717, 1.165) is 37.1 Å². The number of nitrogens with one attached hydrogen (secondary N) is 1. The highest BCUT2D eigenvalue weighted by Crippen LogP contribution is 2.36. The molecule has 3 aromatic rings. The number of likely N-dealkylation sites (tertiary alicyclic amines) is 1. The number of benzene rings is 2. The first kappa shape index (κ1) is 26.8. The van der Waals surface area contributed by atoms with Gasteiger partial charge >= 0.3 is 0 Å². The number of carbonyl (C=O) groups is 2. The van der Waals surface area contributed by atoms with Crippen molar-refractivity contribution < 1.29 is 28.6 Å². The average molecular weight is 537 g/mol. The molecule has 1 saturated heterocycles. The lowest BCUT2D eigenvalue weighted by atomic mass is 9.99. The third-order valence-electron chi connectivity index (χ3n) is 7.13. The summed E-state index contributed by atoms with van der Waals surface area (Å²) in [5, 5.41) is 18.3. The van der Waals surface area contributed by atoms with E-state index in [9.17, 15) is 19.1 Å². The lowest BCUT2D eigenvalue weighted by Crippen LogP contribution is -2.48. The molecule has 0 radical (unpaired) electrons. The largest absolute Gasteiger partial charge is 0.486 e. The summed E-state index contributed by atoms with van der Waals surface area (Å²) in [7, 11) is 0. The Hall–Kier alpha value is -3.76. The molecule has 0 spiro atoms. The van der Waals surface area contributed by atoms with Crippen LogP contribution < -0.4 is 14.8 Å². The number of halogens is 1. The Balaban J connectivity index is 1.32. The summed E-state index contributed by atoms with van der Waals surface area (Å²) in [6, 6.07) is 8.84. The number of hydrogen-bond donors (Lipinski definition) is 2. The third-order valence-corrected chi connectivity index (χ3v) is 7.13. The number of ketones is 1. The van der Waals surface area contributed by atoms with Crippen molar-refractivity contribution in [2.75, 3.05) is 32.8 Å². The van der Waals surface area contributed by atoms with Gasteiger partial charge in [0.25, 0.3) is 5.91 Å². The van der Waals surface area contributed by atoms with Crippen LogP contribution in [0.15, 0.2) is 48.8 Å². The quantitative estimate of drug-likeness (QED) is 0.318. The summed E-state index contributed by atoms with van der Waals surface area (Å²) < 4.78 is 27.4. The second-order valence-electron chi connectivity index (χ2n) is 10.3. The monoisotopic (exact) mass is 536 g/mol. The van der Waals surface area contributed by atoms with Crippen molar-refractivity contribution in [3.05, 3.63) is 65.7 Å². The van der Waals surface area contributed by atoms with Gasteiger partial charge in [0.1, 0.15) is 19.3 Å². The van der Waals surface area contributed by atoms with E-state index in [1.54, 1.807) is 30.5 Å². The van der Waals surface area contributed by atoms with Crippen molar-refractivity contribution in [3.63, 3.8) is 0 Å². The molecule has 0 unspecified atom stereocenters. The number of rotatable bonds is 9. The van der Waals surface area contributed by atoms with E-state index in [0.29, 0.717) is 6.54 Å². The van der Waals surface area contributed by atoms with Gasteiger partial charge in [0.2, 0.25) is 5.78 Å². The Bertz CT molecular complexity index is 1330. The van der Waals surface area contributed by atoms with Gasteiger partial charge in [0.15, 0.2) is 17.3 Å². The van der Waals surface area contributed by atoms with Crippen molar-refractivity contribution in [1.82, 2.24) is 20.0 Å². The predicted molar refractivity (Wildman–Crippen MR) is 142 cm³/mol. The number of nitrogens with zero attached hydrogens (tertiary/aromatic N) is 3. The molecule has 1 fully saturated rings. The van der Waals surface area contributed by atoms with Gasteiger partial charge < -0.3 is 24.8 Å². The van der Waals surface area contributed by atoms with Crippen LogP contribution in [0.25, 0.3) is 11.1 Å². The molecule has 3 heterocycles. The standard InChI is InChI=1S/C29H33FN4O5/c1-18(2)34-16-22(15-31-34)19-5-7-20(8-6-19)27(36)29(37)32-24(17-33-9-3-4-10-33)26(35)21-13-23(30)28-25(14-21)38-11-12-39-28/h5-8,13-16,18,24,26,35H,3-4,9-12,17H2,1-2H3,(H,32,37)/t24-,26-/m1/s1. The van der Waals surface area contributed by atoms with Gasteiger partial charge in [-0.05, 0) is 63.0 Å². The van der Waals surface area contributed by atoms with Crippen LogP contribution in [-0.4, -0.2) is 70.4 Å². The van der Waals surface area contributed by atoms with Gasteiger partial charge in [-0.1, -0.05) is 24.3 Å². The Labute approximate surface area is 226 Å². The molecule has 2 atom stereocenters. The molecular formula is C29H33FN4O5. The van der Waals surface area contributed by atoms with Gasteiger partial charge in [0, 0.05) is 29.9 Å². The van der Waals surface area contributed by atoms with E-state index in [4.69, 9.17) is 9.47 Å². The molecule has 0 bridgehead atoms. The lowest BCUT2D eigenvalue weighted by Gasteiger charge is -2.29. The summed E-state index contributed by atoms with van der Waals surface area (Å²) in [5.74, 6) is -1.99. The third kappa shape index (κ3) is 5.97. The van der Waals surface area contributed by atoms with Crippen molar-refractivity contribution in [2.24, 2.45) is 0 Å². The van der Waals surface area contributed by atoms with Crippen molar-refractivity contribution >= 4 is 11.7 Å². The number of aromatic nitrogens is 2. The number of aliphatic hydroxyl groups is 1.